The third-order valence-corrected chi connectivity index (χ3v) is 4.95. The molecule has 0 spiro atoms. The normalized spacial score (nSPS) is 18.5. The molecule has 34 heavy (non-hydrogen) atoms. The monoisotopic (exact) mass is 499 g/mol. The zero-order valence-corrected chi connectivity index (χ0v) is 17.7. The summed E-state index contributed by atoms with van der Waals surface area (Å²) >= 11 is 0. The number of nitrogens with zero attached hydrogens (tertiary/aromatic N) is 4. The van der Waals surface area contributed by atoms with Crippen LogP contribution in [0.1, 0.15) is 37.4 Å². The second-order valence-electron chi connectivity index (χ2n) is 7.50. The fraction of sp³-hybridized carbons (Fsp3) is 0.579. The van der Waals surface area contributed by atoms with Crippen molar-refractivity contribution in [3.8, 4) is 0 Å². The van der Waals surface area contributed by atoms with Crippen LogP contribution >= 0.6 is 0 Å². The van der Waals surface area contributed by atoms with Gasteiger partial charge in [0.1, 0.15) is 0 Å². The SMILES string of the molecule is O=C(O)C(F)(F)F.O=C(O)C(F)(F)F.c1cc2nc(C3CCCNC3)nn2cc1N1CCCC1. The van der Waals surface area contributed by atoms with Crippen molar-refractivity contribution in [2.75, 3.05) is 31.1 Å². The Kier molecular flexibility index (Phi) is 9.06. The number of hydrogen-bond donors (Lipinski definition) is 3. The molecule has 0 radical (unpaired) electrons. The largest absolute Gasteiger partial charge is 0.490 e. The summed E-state index contributed by atoms with van der Waals surface area (Å²) in [5, 5.41) is 22.4. The van der Waals surface area contributed by atoms with Gasteiger partial charge in [0.25, 0.3) is 0 Å². The lowest BCUT2D eigenvalue weighted by Gasteiger charge is -2.19. The van der Waals surface area contributed by atoms with Crippen molar-refractivity contribution in [2.24, 2.45) is 0 Å². The zero-order chi connectivity index (χ0) is 25.5. The summed E-state index contributed by atoms with van der Waals surface area (Å²) in [4.78, 5) is 24.9. The van der Waals surface area contributed by atoms with Gasteiger partial charge >= 0.3 is 24.3 Å². The number of fused-ring (bicyclic) bond motifs is 1. The van der Waals surface area contributed by atoms with Crippen molar-refractivity contribution < 1.29 is 46.1 Å². The highest BCUT2D eigenvalue weighted by Crippen LogP contribution is 2.23. The molecular weight excluding hydrogens is 476 g/mol. The Morgan fingerprint density at radius 2 is 1.53 bits per heavy atom. The van der Waals surface area contributed by atoms with E-state index in [0.29, 0.717) is 5.92 Å². The number of hydrogen-bond acceptors (Lipinski definition) is 6. The molecule has 3 N–H and O–H groups in total. The summed E-state index contributed by atoms with van der Waals surface area (Å²) in [5.41, 5.74) is 2.24. The number of carbonyl (C=O) groups is 2. The average molecular weight is 499 g/mol. The Bertz CT molecular complexity index is 942. The van der Waals surface area contributed by atoms with Crippen LogP contribution in [-0.2, 0) is 9.59 Å². The Morgan fingerprint density at radius 3 is 2.00 bits per heavy atom. The van der Waals surface area contributed by atoms with Gasteiger partial charge in [-0.25, -0.2) is 19.1 Å². The highest BCUT2D eigenvalue weighted by molar-refractivity contribution is 5.73. The van der Waals surface area contributed by atoms with Gasteiger partial charge in [-0.15, -0.1) is 0 Å². The quantitative estimate of drug-likeness (QED) is 0.540. The third-order valence-electron chi connectivity index (χ3n) is 4.95. The van der Waals surface area contributed by atoms with Crippen molar-refractivity contribution in [1.82, 2.24) is 19.9 Å². The highest BCUT2D eigenvalue weighted by Gasteiger charge is 2.38. The van der Waals surface area contributed by atoms with E-state index in [1.165, 1.54) is 44.5 Å². The van der Waals surface area contributed by atoms with Gasteiger partial charge in [0.2, 0.25) is 0 Å². The minimum atomic E-state index is -5.08. The number of pyridine rings is 1. The van der Waals surface area contributed by atoms with Crippen LogP contribution in [0.2, 0.25) is 0 Å². The molecule has 2 aromatic rings. The number of carboxylic acids is 2. The molecule has 2 aliphatic rings. The predicted molar refractivity (Wildman–Crippen MR) is 107 cm³/mol. The number of aliphatic carboxylic acids is 2. The van der Waals surface area contributed by atoms with Gasteiger partial charge in [0, 0.05) is 25.6 Å². The molecule has 2 fully saturated rings. The predicted octanol–water partition coefficient (Wildman–Crippen LogP) is 3.06. The summed E-state index contributed by atoms with van der Waals surface area (Å²) in [7, 11) is 0. The van der Waals surface area contributed by atoms with Crippen LogP contribution in [0.25, 0.3) is 5.65 Å². The maximum atomic E-state index is 10.6. The lowest BCUT2D eigenvalue weighted by molar-refractivity contribution is -0.193. The van der Waals surface area contributed by atoms with E-state index < -0.39 is 24.3 Å². The number of rotatable bonds is 2. The summed E-state index contributed by atoms with van der Waals surface area (Å²) in [6.07, 6.45) is -3.02. The Balaban J connectivity index is 0.000000244. The van der Waals surface area contributed by atoms with Crippen LogP contribution in [0.15, 0.2) is 18.3 Å². The molecule has 0 aliphatic carbocycles. The molecule has 1 atom stereocenters. The van der Waals surface area contributed by atoms with Crippen molar-refractivity contribution in [3.63, 3.8) is 0 Å². The molecule has 4 heterocycles. The number of aromatic nitrogens is 3. The number of nitrogens with one attached hydrogen (secondary N) is 1. The number of anilines is 1. The number of alkyl halides is 6. The van der Waals surface area contributed by atoms with Crippen LogP contribution in [0, 0.1) is 0 Å². The van der Waals surface area contributed by atoms with E-state index in [4.69, 9.17) is 29.9 Å². The van der Waals surface area contributed by atoms with Crippen LogP contribution in [0.3, 0.4) is 0 Å². The van der Waals surface area contributed by atoms with Crippen LogP contribution < -0.4 is 10.2 Å². The van der Waals surface area contributed by atoms with E-state index in [-0.39, 0.29) is 0 Å². The second kappa shape index (κ2) is 11.4. The minimum absolute atomic E-state index is 0.471. The Hall–Kier alpha value is -3.10. The third kappa shape index (κ3) is 8.04. The van der Waals surface area contributed by atoms with Crippen molar-refractivity contribution in [2.45, 2.75) is 44.0 Å². The van der Waals surface area contributed by atoms with E-state index in [0.717, 1.165) is 24.6 Å². The summed E-state index contributed by atoms with van der Waals surface area (Å²) < 4.78 is 65.4. The van der Waals surface area contributed by atoms with Gasteiger partial charge in [0.15, 0.2) is 11.5 Å². The molecule has 0 bridgehead atoms. The van der Waals surface area contributed by atoms with E-state index in [2.05, 4.69) is 28.5 Å². The first-order valence-electron chi connectivity index (χ1n) is 10.2. The molecule has 2 saturated heterocycles. The molecule has 0 amide bonds. The van der Waals surface area contributed by atoms with Crippen molar-refractivity contribution in [1.29, 1.82) is 0 Å². The summed E-state index contributed by atoms with van der Waals surface area (Å²) in [6, 6.07) is 4.28. The number of piperidine rings is 1. The first kappa shape index (κ1) is 27.1. The molecule has 9 nitrogen and oxygen atoms in total. The summed E-state index contributed by atoms with van der Waals surface area (Å²) in [6.45, 7) is 4.47. The fourth-order valence-electron chi connectivity index (χ4n) is 3.30. The van der Waals surface area contributed by atoms with Crippen LogP contribution in [-0.4, -0.2) is 75.3 Å². The second-order valence-corrected chi connectivity index (χ2v) is 7.50. The fourth-order valence-corrected chi connectivity index (χ4v) is 3.30. The maximum Gasteiger partial charge on any atom is 0.490 e. The standard InChI is InChI=1S/C15H21N5.2C2HF3O2/c1-2-9-19(8-1)13-5-6-14-17-15(18-20(14)11-13)12-4-3-7-16-10-12;2*3-2(4,5)1(6)7/h5-6,11-12,16H,1-4,7-10H2;2*(H,6,7). The van der Waals surface area contributed by atoms with Gasteiger partial charge in [-0.3, -0.25) is 0 Å². The first-order chi connectivity index (χ1) is 15.8. The van der Waals surface area contributed by atoms with E-state index in [1.807, 2.05) is 4.52 Å². The molecule has 15 heteroatoms. The maximum absolute atomic E-state index is 10.6. The van der Waals surface area contributed by atoms with E-state index in [1.54, 1.807) is 0 Å². The number of carboxylic acid groups (broad SMARTS) is 2. The molecule has 1 unspecified atom stereocenters. The van der Waals surface area contributed by atoms with Gasteiger partial charge in [-0.05, 0) is 44.4 Å². The van der Waals surface area contributed by atoms with E-state index in [9.17, 15) is 26.3 Å². The average Bonchev–Trinajstić information content (AvgIpc) is 3.43. The van der Waals surface area contributed by atoms with Crippen molar-refractivity contribution in [3.05, 3.63) is 24.2 Å². The lowest BCUT2D eigenvalue weighted by Crippen LogP contribution is -2.28. The van der Waals surface area contributed by atoms with Crippen LogP contribution in [0.4, 0.5) is 32.0 Å². The zero-order valence-electron chi connectivity index (χ0n) is 17.7. The van der Waals surface area contributed by atoms with Gasteiger partial charge in [-0.1, -0.05) is 0 Å². The Morgan fingerprint density at radius 1 is 0.971 bits per heavy atom. The molecule has 2 aromatic heterocycles. The summed E-state index contributed by atoms with van der Waals surface area (Å²) in [5.74, 6) is -4.05. The Labute approximate surface area is 189 Å². The van der Waals surface area contributed by atoms with Gasteiger partial charge in [0.05, 0.1) is 11.9 Å². The highest BCUT2D eigenvalue weighted by atomic mass is 19.4. The van der Waals surface area contributed by atoms with Crippen LogP contribution in [0.5, 0.6) is 0 Å². The molecule has 2 aliphatic heterocycles. The smallest absolute Gasteiger partial charge is 0.475 e. The molecule has 0 aromatic carbocycles. The van der Waals surface area contributed by atoms with Gasteiger partial charge < -0.3 is 20.4 Å². The molecule has 0 saturated carbocycles. The molecule has 190 valence electrons. The van der Waals surface area contributed by atoms with Crippen molar-refractivity contribution >= 4 is 23.3 Å². The molecular formula is C19H23F6N5O4. The lowest BCUT2D eigenvalue weighted by atomic mass is 9.99. The van der Waals surface area contributed by atoms with E-state index >= 15 is 0 Å². The van der Waals surface area contributed by atoms with Gasteiger partial charge in [-0.2, -0.15) is 31.4 Å². The topological polar surface area (TPSA) is 120 Å². The molecule has 4 rings (SSSR count). The minimum Gasteiger partial charge on any atom is -0.475 e. The first-order valence-corrected chi connectivity index (χ1v) is 10.2. The number of halogens is 6.